The van der Waals surface area contributed by atoms with Crippen LogP contribution >= 0.6 is 0 Å². The van der Waals surface area contributed by atoms with Gasteiger partial charge in [0.2, 0.25) is 0 Å². The van der Waals surface area contributed by atoms with Crippen molar-refractivity contribution in [1.82, 2.24) is 5.32 Å². The summed E-state index contributed by atoms with van der Waals surface area (Å²) in [5, 5.41) is 4.41. The maximum Gasteiger partial charge on any atom is 0.325 e. The molecule has 2 amide bonds. The Labute approximate surface area is 153 Å². The summed E-state index contributed by atoms with van der Waals surface area (Å²) in [7, 11) is 1.45. The molecule has 0 aliphatic carbocycles. The largest absolute Gasteiger partial charge is 0.497 e. The molecule has 0 aromatic heterocycles. The predicted molar refractivity (Wildman–Crippen MR) is 91.3 cm³/mol. The summed E-state index contributed by atoms with van der Waals surface area (Å²) < 4.78 is 36.1. The number of amides is 2. The summed E-state index contributed by atoms with van der Waals surface area (Å²) in [4.78, 5) is 35.2. The summed E-state index contributed by atoms with van der Waals surface area (Å²) in [5.41, 5.74) is -0.0937. The molecular weight excluding hydrogens is 362 g/mol. The number of halogens is 2. The summed E-state index contributed by atoms with van der Waals surface area (Å²) in [6.07, 6.45) is 0. The van der Waals surface area contributed by atoms with E-state index in [-0.39, 0.29) is 11.3 Å². The van der Waals surface area contributed by atoms with E-state index in [1.807, 2.05) is 0 Å². The lowest BCUT2D eigenvalue weighted by Crippen LogP contribution is -2.32. The summed E-state index contributed by atoms with van der Waals surface area (Å²) in [5.74, 6) is -3.35. The van der Waals surface area contributed by atoms with E-state index in [1.165, 1.54) is 19.2 Å². The van der Waals surface area contributed by atoms with Gasteiger partial charge in [-0.15, -0.1) is 0 Å². The molecule has 0 heterocycles. The van der Waals surface area contributed by atoms with Crippen molar-refractivity contribution in [2.24, 2.45) is 0 Å². The number of hydrogen-bond donors (Lipinski definition) is 2. The van der Waals surface area contributed by atoms with Gasteiger partial charge in [0.05, 0.1) is 12.8 Å². The third-order valence-corrected chi connectivity index (χ3v) is 3.29. The number of carbonyl (C=O) groups excluding carboxylic acids is 3. The van der Waals surface area contributed by atoms with Crippen LogP contribution in [0.1, 0.15) is 10.4 Å². The molecule has 0 fully saturated rings. The van der Waals surface area contributed by atoms with Gasteiger partial charge < -0.3 is 20.1 Å². The fraction of sp³-hybridized carbons (Fsp3) is 0.167. The summed E-state index contributed by atoms with van der Waals surface area (Å²) in [6.45, 7) is -1.19. The van der Waals surface area contributed by atoms with Gasteiger partial charge in [-0.25, -0.2) is 8.78 Å². The number of ether oxygens (including phenoxy) is 2. The number of carbonyl (C=O) groups is 3. The molecule has 2 N–H and O–H groups in total. The van der Waals surface area contributed by atoms with Crippen LogP contribution in [0.15, 0.2) is 42.5 Å². The zero-order valence-electron chi connectivity index (χ0n) is 14.3. The first-order chi connectivity index (χ1) is 12.9. The van der Waals surface area contributed by atoms with Crippen molar-refractivity contribution >= 4 is 23.5 Å². The molecule has 0 unspecified atom stereocenters. The number of esters is 1. The van der Waals surface area contributed by atoms with Crippen LogP contribution in [0, 0.1) is 11.6 Å². The van der Waals surface area contributed by atoms with Gasteiger partial charge in [0.25, 0.3) is 11.8 Å². The Morgan fingerprint density at radius 3 is 2.59 bits per heavy atom. The van der Waals surface area contributed by atoms with Crippen LogP contribution < -0.4 is 15.4 Å². The molecule has 2 rings (SSSR count). The Morgan fingerprint density at radius 2 is 1.85 bits per heavy atom. The number of benzene rings is 2. The van der Waals surface area contributed by atoms with Gasteiger partial charge in [0.1, 0.15) is 23.9 Å². The van der Waals surface area contributed by atoms with Gasteiger partial charge in [0.15, 0.2) is 6.61 Å². The van der Waals surface area contributed by atoms with E-state index in [0.29, 0.717) is 5.75 Å². The van der Waals surface area contributed by atoms with Crippen LogP contribution in [0.3, 0.4) is 0 Å². The molecule has 9 heteroatoms. The van der Waals surface area contributed by atoms with E-state index < -0.39 is 42.6 Å². The lowest BCUT2D eigenvalue weighted by molar-refractivity contribution is -0.146. The fourth-order valence-electron chi connectivity index (χ4n) is 2.00. The van der Waals surface area contributed by atoms with Crippen LogP contribution in [-0.4, -0.2) is 38.0 Å². The molecule has 0 aliphatic rings. The molecule has 0 bridgehead atoms. The minimum atomic E-state index is -0.874. The number of rotatable bonds is 7. The van der Waals surface area contributed by atoms with E-state index in [4.69, 9.17) is 4.74 Å². The van der Waals surface area contributed by atoms with Gasteiger partial charge >= 0.3 is 5.97 Å². The van der Waals surface area contributed by atoms with Crippen molar-refractivity contribution in [3.05, 3.63) is 59.7 Å². The lowest BCUT2D eigenvalue weighted by atomic mass is 10.2. The maximum absolute atomic E-state index is 13.4. The number of methoxy groups -OCH3 is 1. The van der Waals surface area contributed by atoms with E-state index in [9.17, 15) is 23.2 Å². The van der Waals surface area contributed by atoms with E-state index >= 15 is 0 Å². The third kappa shape index (κ3) is 6.07. The maximum atomic E-state index is 13.4. The van der Waals surface area contributed by atoms with Crippen LogP contribution in [0.5, 0.6) is 5.75 Å². The molecular formula is C18H16F2N2O5. The second-order valence-corrected chi connectivity index (χ2v) is 5.25. The van der Waals surface area contributed by atoms with Crippen molar-refractivity contribution in [2.75, 3.05) is 25.6 Å². The normalized spacial score (nSPS) is 10.0. The topological polar surface area (TPSA) is 93.7 Å². The van der Waals surface area contributed by atoms with Crippen LogP contribution in [0.4, 0.5) is 14.5 Å². The summed E-state index contributed by atoms with van der Waals surface area (Å²) >= 11 is 0. The molecule has 0 saturated heterocycles. The Hall–Kier alpha value is -3.49. The zero-order chi connectivity index (χ0) is 19.8. The van der Waals surface area contributed by atoms with Gasteiger partial charge in [-0.2, -0.15) is 0 Å². The Balaban J connectivity index is 1.77. The van der Waals surface area contributed by atoms with Gasteiger partial charge in [-0.1, -0.05) is 6.07 Å². The molecule has 0 saturated carbocycles. The lowest BCUT2D eigenvalue weighted by Gasteiger charge is -2.09. The first-order valence-corrected chi connectivity index (χ1v) is 7.72. The first kappa shape index (κ1) is 19.8. The fourth-order valence-corrected chi connectivity index (χ4v) is 2.00. The molecule has 7 nitrogen and oxygen atoms in total. The minimum Gasteiger partial charge on any atom is -0.497 e. The SMILES string of the molecule is COc1cccc(C(=O)NCC(=O)OCC(=O)Nc2cc(F)ccc2F)c1. The van der Waals surface area contributed by atoms with E-state index in [0.717, 1.165) is 18.2 Å². The molecule has 2 aromatic carbocycles. The Kier molecular flexibility index (Phi) is 6.81. The average Bonchev–Trinajstić information content (AvgIpc) is 2.67. The van der Waals surface area contributed by atoms with Crippen molar-refractivity contribution in [3.63, 3.8) is 0 Å². The molecule has 0 aliphatic heterocycles. The van der Waals surface area contributed by atoms with Gasteiger partial charge in [-0.05, 0) is 30.3 Å². The van der Waals surface area contributed by atoms with E-state index in [1.54, 1.807) is 12.1 Å². The highest BCUT2D eigenvalue weighted by molar-refractivity contribution is 5.97. The molecule has 0 spiro atoms. The highest BCUT2D eigenvalue weighted by atomic mass is 19.1. The highest BCUT2D eigenvalue weighted by Crippen LogP contribution is 2.15. The third-order valence-electron chi connectivity index (χ3n) is 3.29. The molecule has 27 heavy (non-hydrogen) atoms. The molecule has 0 atom stereocenters. The summed E-state index contributed by atoms with van der Waals surface area (Å²) in [6, 6.07) is 8.84. The monoisotopic (exact) mass is 378 g/mol. The standard InChI is InChI=1S/C18H16F2N2O5/c1-26-13-4-2-3-11(7-13)18(25)21-9-17(24)27-10-16(23)22-15-8-12(19)5-6-14(15)20/h2-8H,9-10H2,1H3,(H,21,25)(H,22,23). The number of hydrogen-bond acceptors (Lipinski definition) is 5. The van der Waals surface area contributed by atoms with Crippen molar-refractivity contribution in [2.45, 2.75) is 0 Å². The average molecular weight is 378 g/mol. The quantitative estimate of drug-likeness (QED) is 0.718. The van der Waals surface area contributed by atoms with Gasteiger partial charge in [0, 0.05) is 11.6 Å². The minimum absolute atomic E-state index is 0.279. The smallest absolute Gasteiger partial charge is 0.325 e. The second kappa shape index (κ2) is 9.27. The first-order valence-electron chi connectivity index (χ1n) is 7.72. The Morgan fingerprint density at radius 1 is 1.07 bits per heavy atom. The van der Waals surface area contributed by atoms with Crippen molar-refractivity contribution in [3.8, 4) is 5.75 Å². The molecule has 2 aromatic rings. The van der Waals surface area contributed by atoms with E-state index in [2.05, 4.69) is 15.4 Å². The molecule has 0 radical (unpaired) electrons. The second-order valence-electron chi connectivity index (χ2n) is 5.25. The Bertz CT molecular complexity index is 857. The van der Waals surface area contributed by atoms with Gasteiger partial charge in [-0.3, -0.25) is 14.4 Å². The number of nitrogens with one attached hydrogen (secondary N) is 2. The van der Waals surface area contributed by atoms with Crippen LogP contribution in [0.25, 0.3) is 0 Å². The highest BCUT2D eigenvalue weighted by Gasteiger charge is 2.13. The van der Waals surface area contributed by atoms with Crippen LogP contribution in [-0.2, 0) is 14.3 Å². The molecule has 142 valence electrons. The van der Waals surface area contributed by atoms with Crippen molar-refractivity contribution < 1.29 is 32.6 Å². The zero-order valence-corrected chi connectivity index (χ0v) is 14.3. The van der Waals surface area contributed by atoms with Crippen LogP contribution in [0.2, 0.25) is 0 Å². The number of anilines is 1. The predicted octanol–water partition coefficient (Wildman–Crippen LogP) is 1.89. The van der Waals surface area contributed by atoms with Crippen molar-refractivity contribution in [1.29, 1.82) is 0 Å².